The SMILES string of the molecule is CC(C)COc1ccc([C@H](C)O)c(F)c1. The summed E-state index contributed by atoms with van der Waals surface area (Å²) in [7, 11) is 0. The van der Waals surface area contributed by atoms with Gasteiger partial charge in [0.25, 0.3) is 0 Å². The number of rotatable bonds is 4. The van der Waals surface area contributed by atoms with E-state index in [0.29, 0.717) is 23.8 Å². The number of aliphatic hydroxyl groups excluding tert-OH is 1. The van der Waals surface area contributed by atoms with Crippen LogP contribution in [0.1, 0.15) is 32.4 Å². The molecule has 2 nitrogen and oxygen atoms in total. The van der Waals surface area contributed by atoms with Crippen molar-refractivity contribution in [3.63, 3.8) is 0 Å². The molecule has 0 heterocycles. The van der Waals surface area contributed by atoms with Crippen LogP contribution in [0, 0.1) is 11.7 Å². The Morgan fingerprint density at radius 1 is 1.33 bits per heavy atom. The third kappa shape index (κ3) is 3.51. The highest BCUT2D eigenvalue weighted by Gasteiger charge is 2.09. The van der Waals surface area contributed by atoms with Crippen molar-refractivity contribution in [3.05, 3.63) is 29.6 Å². The quantitative estimate of drug-likeness (QED) is 0.831. The molecule has 0 amide bonds. The van der Waals surface area contributed by atoms with Gasteiger partial charge in [-0.05, 0) is 25.0 Å². The first-order valence-electron chi connectivity index (χ1n) is 5.11. The molecule has 0 aliphatic carbocycles. The van der Waals surface area contributed by atoms with Crippen molar-refractivity contribution in [1.82, 2.24) is 0 Å². The lowest BCUT2D eigenvalue weighted by Gasteiger charge is -2.11. The number of halogens is 1. The van der Waals surface area contributed by atoms with Gasteiger partial charge >= 0.3 is 0 Å². The van der Waals surface area contributed by atoms with Gasteiger partial charge in [-0.2, -0.15) is 0 Å². The fourth-order valence-electron chi connectivity index (χ4n) is 1.20. The summed E-state index contributed by atoms with van der Waals surface area (Å²) in [5.41, 5.74) is 0.298. The van der Waals surface area contributed by atoms with Gasteiger partial charge < -0.3 is 9.84 Å². The standard InChI is InChI=1S/C12H17FO2/c1-8(2)7-15-10-4-5-11(9(3)14)12(13)6-10/h4-6,8-9,14H,7H2,1-3H3/t9-/m0/s1. The molecule has 0 aliphatic rings. The van der Waals surface area contributed by atoms with Crippen molar-refractivity contribution in [1.29, 1.82) is 0 Å². The summed E-state index contributed by atoms with van der Waals surface area (Å²) in [6.07, 6.45) is -0.788. The lowest BCUT2D eigenvalue weighted by atomic mass is 10.1. The monoisotopic (exact) mass is 212 g/mol. The molecule has 0 saturated carbocycles. The average molecular weight is 212 g/mol. The highest BCUT2D eigenvalue weighted by Crippen LogP contribution is 2.21. The van der Waals surface area contributed by atoms with Gasteiger partial charge in [0.15, 0.2) is 0 Å². The molecule has 84 valence electrons. The van der Waals surface area contributed by atoms with Crippen molar-refractivity contribution in [3.8, 4) is 5.75 Å². The van der Waals surface area contributed by atoms with Crippen LogP contribution >= 0.6 is 0 Å². The Morgan fingerprint density at radius 3 is 2.47 bits per heavy atom. The number of hydrogen-bond acceptors (Lipinski definition) is 2. The zero-order valence-corrected chi connectivity index (χ0v) is 9.33. The smallest absolute Gasteiger partial charge is 0.132 e. The lowest BCUT2D eigenvalue weighted by molar-refractivity contribution is 0.193. The van der Waals surface area contributed by atoms with Gasteiger partial charge in [0, 0.05) is 11.6 Å². The predicted octanol–water partition coefficient (Wildman–Crippen LogP) is 2.91. The number of aliphatic hydroxyl groups is 1. The second-order valence-corrected chi connectivity index (χ2v) is 4.06. The van der Waals surface area contributed by atoms with E-state index in [9.17, 15) is 9.50 Å². The average Bonchev–Trinajstić information content (AvgIpc) is 2.14. The molecule has 1 aromatic rings. The minimum Gasteiger partial charge on any atom is -0.493 e. The molecule has 1 aromatic carbocycles. The van der Waals surface area contributed by atoms with Crippen molar-refractivity contribution in [2.45, 2.75) is 26.9 Å². The minimum absolute atomic E-state index is 0.298. The number of benzene rings is 1. The van der Waals surface area contributed by atoms with E-state index in [4.69, 9.17) is 4.74 Å². The molecule has 1 atom stereocenters. The van der Waals surface area contributed by atoms with Gasteiger partial charge in [-0.25, -0.2) is 4.39 Å². The van der Waals surface area contributed by atoms with Crippen LogP contribution in [0.5, 0.6) is 5.75 Å². The first-order valence-corrected chi connectivity index (χ1v) is 5.11. The lowest BCUT2D eigenvalue weighted by Crippen LogP contribution is -2.05. The maximum Gasteiger partial charge on any atom is 0.132 e. The van der Waals surface area contributed by atoms with Crippen LogP contribution in [0.25, 0.3) is 0 Å². The van der Waals surface area contributed by atoms with E-state index >= 15 is 0 Å². The van der Waals surface area contributed by atoms with Crippen LogP contribution < -0.4 is 4.74 Å². The predicted molar refractivity (Wildman–Crippen MR) is 57.4 cm³/mol. The largest absolute Gasteiger partial charge is 0.493 e. The van der Waals surface area contributed by atoms with Crippen LogP contribution in [-0.4, -0.2) is 11.7 Å². The Labute approximate surface area is 89.7 Å². The fourth-order valence-corrected chi connectivity index (χ4v) is 1.20. The molecular weight excluding hydrogens is 195 g/mol. The van der Waals surface area contributed by atoms with Gasteiger partial charge in [-0.3, -0.25) is 0 Å². The molecule has 0 fully saturated rings. The van der Waals surface area contributed by atoms with Crippen LogP contribution in [0.4, 0.5) is 4.39 Å². The third-order valence-electron chi connectivity index (χ3n) is 2.01. The maximum absolute atomic E-state index is 13.4. The molecule has 0 saturated heterocycles. The second-order valence-electron chi connectivity index (χ2n) is 4.06. The topological polar surface area (TPSA) is 29.5 Å². The minimum atomic E-state index is -0.788. The molecule has 1 rings (SSSR count). The Bertz CT molecular complexity index is 321. The van der Waals surface area contributed by atoms with Gasteiger partial charge in [-0.1, -0.05) is 13.8 Å². The first-order chi connectivity index (χ1) is 7.00. The summed E-state index contributed by atoms with van der Waals surface area (Å²) in [6, 6.07) is 4.54. The van der Waals surface area contributed by atoms with E-state index in [2.05, 4.69) is 0 Å². The highest BCUT2D eigenvalue weighted by molar-refractivity contribution is 5.29. The van der Waals surface area contributed by atoms with E-state index in [-0.39, 0.29) is 0 Å². The zero-order chi connectivity index (χ0) is 11.4. The van der Waals surface area contributed by atoms with Gasteiger partial charge in [-0.15, -0.1) is 0 Å². The van der Waals surface area contributed by atoms with Crippen molar-refractivity contribution < 1.29 is 14.2 Å². The second kappa shape index (κ2) is 5.12. The maximum atomic E-state index is 13.4. The molecule has 0 spiro atoms. The van der Waals surface area contributed by atoms with Crippen LogP contribution in [0.15, 0.2) is 18.2 Å². The Hall–Kier alpha value is -1.09. The Balaban J connectivity index is 2.73. The Morgan fingerprint density at radius 2 is 2.00 bits per heavy atom. The third-order valence-corrected chi connectivity index (χ3v) is 2.01. The molecule has 0 bridgehead atoms. The van der Waals surface area contributed by atoms with Gasteiger partial charge in [0.2, 0.25) is 0 Å². The molecule has 0 aromatic heterocycles. The van der Waals surface area contributed by atoms with Crippen LogP contribution in [-0.2, 0) is 0 Å². The first kappa shape index (κ1) is 12.0. The molecule has 1 N–H and O–H groups in total. The van der Waals surface area contributed by atoms with E-state index < -0.39 is 11.9 Å². The molecule has 3 heteroatoms. The summed E-state index contributed by atoms with van der Waals surface area (Å²) >= 11 is 0. The van der Waals surface area contributed by atoms with E-state index in [0.717, 1.165) is 0 Å². The summed E-state index contributed by atoms with van der Waals surface area (Å²) in [6.45, 7) is 6.15. The van der Waals surface area contributed by atoms with Crippen molar-refractivity contribution in [2.75, 3.05) is 6.61 Å². The van der Waals surface area contributed by atoms with Gasteiger partial charge in [0.1, 0.15) is 11.6 Å². The zero-order valence-electron chi connectivity index (χ0n) is 9.33. The number of ether oxygens (including phenoxy) is 1. The van der Waals surface area contributed by atoms with Crippen LogP contribution in [0.3, 0.4) is 0 Å². The van der Waals surface area contributed by atoms with Crippen molar-refractivity contribution in [2.24, 2.45) is 5.92 Å². The van der Waals surface area contributed by atoms with E-state index in [1.807, 2.05) is 13.8 Å². The summed E-state index contributed by atoms with van der Waals surface area (Å²) in [5.74, 6) is 0.487. The van der Waals surface area contributed by atoms with Crippen molar-refractivity contribution >= 4 is 0 Å². The molecule has 0 aliphatic heterocycles. The molecular formula is C12H17FO2. The summed E-state index contributed by atoms with van der Waals surface area (Å²) in [5, 5.41) is 9.23. The molecule has 0 unspecified atom stereocenters. The van der Waals surface area contributed by atoms with E-state index in [1.54, 1.807) is 12.1 Å². The Kier molecular flexibility index (Phi) is 4.09. The fraction of sp³-hybridized carbons (Fsp3) is 0.500. The number of hydrogen-bond donors (Lipinski definition) is 1. The van der Waals surface area contributed by atoms with Gasteiger partial charge in [0.05, 0.1) is 12.7 Å². The summed E-state index contributed by atoms with van der Waals surface area (Å²) in [4.78, 5) is 0. The normalized spacial score (nSPS) is 12.9. The molecule has 0 radical (unpaired) electrons. The molecule has 15 heavy (non-hydrogen) atoms. The van der Waals surface area contributed by atoms with E-state index in [1.165, 1.54) is 13.0 Å². The summed E-state index contributed by atoms with van der Waals surface area (Å²) < 4.78 is 18.7. The van der Waals surface area contributed by atoms with Crippen LogP contribution in [0.2, 0.25) is 0 Å². The highest BCUT2D eigenvalue weighted by atomic mass is 19.1.